The van der Waals surface area contributed by atoms with Gasteiger partial charge in [0.05, 0.1) is 0 Å². The van der Waals surface area contributed by atoms with E-state index in [2.05, 4.69) is 13.8 Å². The molecule has 0 fully saturated rings. The van der Waals surface area contributed by atoms with Crippen molar-refractivity contribution in [3.8, 4) is 0 Å². The molecule has 0 aromatic heterocycles. The number of nitrogens with two attached hydrogens (primary N) is 1. The lowest BCUT2D eigenvalue weighted by atomic mass is 10.0. The van der Waals surface area contributed by atoms with Crippen LogP contribution in [0.2, 0.25) is 0 Å². The maximum Gasteiger partial charge on any atom is 0.254 e. The van der Waals surface area contributed by atoms with Gasteiger partial charge < -0.3 is 10.6 Å². The molecule has 1 aliphatic rings. The number of benzene rings is 2. The Labute approximate surface area is 125 Å². The average Bonchev–Trinajstić information content (AvgIpc) is 2.89. The third-order valence-corrected chi connectivity index (χ3v) is 4.06. The molecule has 3 heteroatoms. The number of hydrogen-bond donors (Lipinski definition) is 1. The normalized spacial score (nSPS) is 13.6. The van der Waals surface area contributed by atoms with E-state index in [9.17, 15) is 4.79 Å². The lowest BCUT2D eigenvalue weighted by Crippen LogP contribution is -2.25. The minimum absolute atomic E-state index is 0.0834. The first-order valence-electron chi connectivity index (χ1n) is 7.31. The number of amides is 1. The number of rotatable bonds is 2. The van der Waals surface area contributed by atoms with E-state index in [1.807, 2.05) is 47.4 Å². The van der Waals surface area contributed by atoms with Crippen molar-refractivity contribution < 1.29 is 4.79 Å². The van der Waals surface area contributed by atoms with E-state index in [-0.39, 0.29) is 5.91 Å². The van der Waals surface area contributed by atoms with Crippen LogP contribution in [-0.4, -0.2) is 10.8 Å². The van der Waals surface area contributed by atoms with Crippen LogP contribution in [0.1, 0.15) is 46.8 Å². The summed E-state index contributed by atoms with van der Waals surface area (Å²) in [5, 5.41) is 0. The first kappa shape index (κ1) is 13.7. The molecule has 3 rings (SSSR count). The number of hydrogen-bond acceptors (Lipinski definition) is 2. The third-order valence-electron chi connectivity index (χ3n) is 4.06. The summed E-state index contributed by atoms with van der Waals surface area (Å²) in [4.78, 5) is 14.4. The van der Waals surface area contributed by atoms with Crippen LogP contribution < -0.4 is 5.73 Å². The van der Waals surface area contributed by atoms with E-state index >= 15 is 0 Å². The Kier molecular flexibility index (Phi) is 3.42. The first-order valence-corrected chi connectivity index (χ1v) is 7.31. The van der Waals surface area contributed by atoms with E-state index in [1.165, 1.54) is 11.1 Å². The summed E-state index contributed by atoms with van der Waals surface area (Å²) in [7, 11) is 0. The molecule has 0 unspecified atom stereocenters. The zero-order valence-electron chi connectivity index (χ0n) is 12.5. The predicted octanol–water partition coefficient (Wildman–Crippen LogP) is 3.55. The molecule has 0 aliphatic carbocycles. The van der Waals surface area contributed by atoms with E-state index in [1.54, 1.807) is 0 Å². The Morgan fingerprint density at radius 1 is 1.05 bits per heavy atom. The van der Waals surface area contributed by atoms with Gasteiger partial charge in [0.15, 0.2) is 0 Å². The predicted molar refractivity (Wildman–Crippen MR) is 85.0 cm³/mol. The highest BCUT2D eigenvalue weighted by Crippen LogP contribution is 2.26. The number of carbonyl (C=O) groups excluding carboxylic acids is 1. The van der Waals surface area contributed by atoms with Crippen LogP contribution in [0.25, 0.3) is 0 Å². The molecule has 0 radical (unpaired) electrons. The molecule has 21 heavy (non-hydrogen) atoms. The third kappa shape index (κ3) is 2.64. The van der Waals surface area contributed by atoms with Crippen molar-refractivity contribution in [2.24, 2.45) is 0 Å². The number of anilines is 1. The van der Waals surface area contributed by atoms with Crippen LogP contribution in [-0.2, 0) is 13.1 Å². The van der Waals surface area contributed by atoms with Gasteiger partial charge >= 0.3 is 0 Å². The summed E-state index contributed by atoms with van der Waals surface area (Å²) in [6.45, 7) is 5.61. The van der Waals surface area contributed by atoms with Crippen molar-refractivity contribution in [3.63, 3.8) is 0 Å². The molecule has 2 aromatic rings. The minimum atomic E-state index is 0.0834. The maximum atomic E-state index is 12.6. The molecule has 2 N–H and O–H groups in total. The van der Waals surface area contributed by atoms with E-state index in [0.717, 1.165) is 16.8 Å². The van der Waals surface area contributed by atoms with Crippen LogP contribution in [0.4, 0.5) is 5.69 Å². The molecule has 3 nitrogen and oxygen atoms in total. The van der Waals surface area contributed by atoms with Gasteiger partial charge in [0, 0.05) is 24.3 Å². The van der Waals surface area contributed by atoms with E-state index < -0.39 is 0 Å². The Bertz CT molecular complexity index is 674. The zero-order chi connectivity index (χ0) is 15.0. The lowest BCUT2D eigenvalue weighted by Gasteiger charge is -2.16. The highest BCUT2D eigenvalue weighted by Gasteiger charge is 2.24. The average molecular weight is 280 g/mol. The van der Waals surface area contributed by atoms with Crippen LogP contribution in [0.5, 0.6) is 0 Å². The minimum Gasteiger partial charge on any atom is -0.399 e. The second kappa shape index (κ2) is 5.24. The second-order valence-electron chi connectivity index (χ2n) is 5.97. The van der Waals surface area contributed by atoms with Crippen molar-refractivity contribution >= 4 is 11.6 Å². The van der Waals surface area contributed by atoms with Crippen molar-refractivity contribution in [2.75, 3.05) is 5.73 Å². The molecule has 0 saturated carbocycles. The largest absolute Gasteiger partial charge is 0.399 e. The van der Waals surface area contributed by atoms with Gasteiger partial charge in [-0.25, -0.2) is 0 Å². The summed E-state index contributed by atoms with van der Waals surface area (Å²) in [6, 6.07) is 13.8. The molecule has 1 amide bonds. The van der Waals surface area contributed by atoms with Crippen molar-refractivity contribution in [1.29, 1.82) is 0 Å². The Morgan fingerprint density at radius 2 is 1.71 bits per heavy atom. The molecular weight excluding hydrogens is 260 g/mol. The van der Waals surface area contributed by atoms with Crippen LogP contribution >= 0.6 is 0 Å². The van der Waals surface area contributed by atoms with Crippen molar-refractivity contribution in [3.05, 3.63) is 64.7 Å². The molecule has 108 valence electrons. The molecule has 0 spiro atoms. The monoisotopic (exact) mass is 280 g/mol. The Balaban J connectivity index is 1.78. The fourth-order valence-corrected chi connectivity index (χ4v) is 2.75. The summed E-state index contributed by atoms with van der Waals surface area (Å²) in [6.07, 6.45) is 0. The van der Waals surface area contributed by atoms with Crippen molar-refractivity contribution in [1.82, 2.24) is 4.90 Å². The van der Waals surface area contributed by atoms with Gasteiger partial charge in [-0.1, -0.05) is 32.0 Å². The van der Waals surface area contributed by atoms with Crippen LogP contribution in [0.3, 0.4) is 0 Å². The second-order valence-corrected chi connectivity index (χ2v) is 5.97. The number of nitrogen functional groups attached to an aromatic ring is 1. The Hall–Kier alpha value is -2.29. The molecule has 0 bridgehead atoms. The first-order chi connectivity index (χ1) is 10.0. The molecular formula is C18H20N2O. The van der Waals surface area contributed by atoms with Crippen LogP contribution in [0.15, 0.2) is 42.5 Å². The van der Waals surface area contributed by atoms with Gasteiger partial charge in [0.25, 0.3) is 5.91 Å². The fraction of sp³-hybridized carbons (Fsp3) is 0.278. The highest BCUT2D eigenvalue weighted by molar-refractivity contribution is 5.94. The van der Waals surface area contributed by atoms with Crippen LogP contribution in [0, 0.1) is 0 Å². The zero-order valence-corrected chi connectivity index (χ0v) is 12.5. The number of fused-ring (bicyclic) bond motifs is 1. The number of nitrogens with zero attached hydrogens (tertiary/aromatic N) is 1. The molecule has 2 aromatic carbocycles. The molecule has 0 atom stereocenters. The molecule has 1 aliphatic heterocycles. The van der Waals surface area contributed by atoms with Gasteiger partial charge in [0.1, 0.15) is 0 Å². The van der Waals surface area contributed by atoms with Crippen molar-refractivity contribution in [2.45, 2.75) is 32.9 Å². The highest BCUT2D eigenvalue weighted by atomic mass is 16.2. The van der Waals surface area contributed by atoms with Gasteiger partial charge in [0.2, 0.25) is 0 Å². The van der Waals surface area contributed by atoms with E-state index in [0.29, 0.717) is 19.0 Å². The Morgan fingerprint density at radius 3 is 2.38 bits per heavy atom. The van der Waals surface area contributed by atoms with Gasteiger partial charge in [-0.15, -0.1) is 0 Å². The molecule has 1 heterocycles. The summed E-state index contributed by atoms with van der Waals surface area (Å²) in [5.41, 5.74) is 10.9. The smallest absolute Gasteiger partial charge is 0.254 e. The fourth-order valence-electron chi connectivity index (χ4n) is 2.75. The quantitative estimate of drug-likeness (QED) is 0.855. The molecule has 0 saturated heterocycles. The summed E-state index contributed by atoms with van der Waals surface area (Å²) < 4.78 is 0. The SMILES string of the molecule is CC(C)c1ccc(C(=O)N2Cc3ccc(N)cc3C2)cc1. The summed E-state index contributed by atoms with van der Waals surface area (Å²) >= 11 is 0. The number of carbonyl (C=O) groups is 1. The summed E-state index contributed by atoms with van der Waals surface area (Å²) in [5.74, 6) is 0.563. The van der Waals surface area contributed by atoms with Gasteiger partial charge in [-0.05, 0) is 46.9 Å². The maximum absolute atomic E-state index is 12.6. The lowest BCUT2D eigenvalue weighted by molar-refractivity contribution is 0.0751. The topological polar surface area (TPSA) is 46.3 Å². The van der Waals surface area contributed by atoms with Gasteiger partial charge in [-0.2, -0.15) is 0 Å². The standard InChI is InChI=1S/C18H20N2O/c1-12(2)13-3-5-14(6-4-13)18(21)20-10-15-7-8-17(19)9-16(15)11-20/h3-9,12H,10-11,19H2,1-2H3. The van der Waals surface area contributed by atoms with Gasteiger partial charge in [-0.3, -0.25) is 4.79 Å². The van der Waals surface area contributed by atoms with E-state index in [4.69, 9.17) is 5.73 Å².